The third-order valence-electron chi connectivity index (χ3n) is 3.93. The van der Waals surface area contributed by atoms with E-state index in [2.05, 4.69) is 5.32 Å². The second-order valence-electron chi connectivity index (χ2n) is 5.80. The first-order valence-electron chi connectivity index (χ1n) is 8.54. The average Bonchev–Trinajstić information content (AvgIpc) is 2.95. The highest BCUT2D eigenvalue weighted by atomic mass is 32.2. The highest BCUT2D eigenvalue weighted by molar-refractivity contribution is 8.26. The van der Waals surface area contributed by atoms with Crippen molar-refractivity contribution in [3.8, 4) is 5.75 Å². The first kappa shape index (κ1) is 19.9. The van der Waals surface area contributed by atoms with Crippen molar-refractivity contribution in [1.29, 1.82) is 0 Å². The van der Waals surface area contributed by atoms with Crippen LogP contribution in [0, 0.1) is 0 Å². The number of phenolic OH excluding ortho intramolecular Hbond substituents is 1. The lowest BCUT2D eigenvalue weighted by atomic mass is 10.2. The van der Waals surface area contributed by atoms with Gasteiger partial charge in [-0.25, -0.2) is 4.79 Å². The highest BCUT2D eigenvalue weighted by Gasteiger charge is 2.31. The number of carbonyl (C=O) groups is 2. The molecule has 2 N–H and O–H groups in total. The van der Waals surface area contributed by atoms with E-state index >= 15 is 0 Å². The van der Waals surface area contributed by atoms with E-state index < -0.39 is 0 Å². The number of nitrogens with one attached hydrogen (secondary N) is 1. The Balaban J connectivity index is 1.65. The summed E-state index contributed by atoms with van der Waals surface area (Å²) < 4.78 is 5.38. The molecule has 1 saturated heterocycles. The number of hydrogen-bond acceptors (Lipinski definition) is 7. The van der Waals surface area contributed by atoms with Crippen LogP contribution < -0.4 is 5.32 Å². The van der Waals surface area contributed by atoms with Gasteiger partial charge >= 0.3 is 5.97 Å². The van der Waals surface area contributed by atoms with Gasteiger partial charge in [0.1, 0.15) is 10.1 Å². The maximum absolute atomic E-state index is 12.6. The van der Waals surface area contributed by atoms with E-state index in [1.165, 1.54) is 16.7 Å². The zero-order valence-electron chi connectivity index (χ0n) is 15.0. The van der Waals surface area contributed by atoms with Crippen LogP contribution in [0.2, 0.25) is 0 Å². The van der Waals surface area contributed by atoms with Gasteiger partial charge in [-0.3, -0.25) is 9.69 Å². The van der Waals surface area contributed by atoms with Crippen molar-refractivity contribution in [3.63, 3.8) is 0 Å². The summed E-state index contributed by atoms with van der Waals surface area (Å²) in [6.45, 7) is 2.27. The van der Waals surface area contributed by atoms with E-state index in [0.29, 0.717) is 27.0 Å². The maximum atomic E-state index is 12.6. The number of aromatic hydroxyl groups is 1. The van der Waals surface area contributed by atoms with Crippen molar-refractivity contribution in [2.45, 2.75) is 6.92 Å². The van der Waals surface area contributed by atoms with E-state index in [0.717, 1.165) is 5.69 Å². The third kappa shape index (κ3) is 4.52. The number of carbonyl (C=O) groups excluding carboxylic acids is 2. The molecule has 2 aromatic carbocycles. The molecule has 1 fully saturated rings. The number of thioether (sulfide) groups is 1. The van der Waals surface area contributed by atoms with Crippen molar-refractivity contribution in [2.24, 2.45) is 0 Å². The van der Waals surface area contributed by atoms with Gasteiger partial charge < -0.3 is 15.2 Å². The number of hydrogen-bond donors (Lipinski definition) is 2. The van der Waals surface area contributed by atoms with Crippen LogP contribution in [0.3, 0.4) is 0 Å². The number of esters is 1. The Bertz CT molecular complexity index is 941. The number of para-hydroxylation sites is 1. The first-order valence-corrected chi connectivity index (χ1v) is 9.76. The van der Waals surface area contributed by atoms with Crippen LogP contribution in [-0.2, 0) is 9.53 Å². The molecule has 0 bridgehead atoms. The number of thiocarbonyl (C=S) groups is 1. The minimum Gasteiger partial charge on any atom is -0.507 e. The van der Waals surface area contributed by atoms with Crippen molar-refractivity contribution in [1.82, 2.24) is 4.90 Å². The van der Waals surface area contributed by atoms with Gasteiger partial charge in [0, 0.05) is 11.3 Å². The average molecular weight is 415 g/mol. The van der Waals surface area contributed by atoms with Crippen molar-refractivity contribution >= 4 is 51.9 Å². The number of anilines is 1. The molecule has 0 unspecified atom stereocenters. The molecule has 0 spiro atoms. The van der Waals surface area contributed by atoms with Crippen LogP contribution in [0.5, 0.6) is 5.75 Å². The quantitative estimate of drug-likeness (QED) is 0.422. The summed E-state index contributed by atoms with van der Waals surface area (Å²) >= 11 is 6.50. The molecule has 2 aromatic rings. The van der Waals surface area contributed by atoms with E-state index in [9.17, 15) is 14.7 Å². The SMILES string of the molecule is CCOC(=O)c1ccc(NCN2C(=O)/C(=C/c3ccccc3O)SC2=S)cc1. The fourth-order valence-corrected chi connectivity index (χ4v) is 3.74. The largest absolute Gasteiger partial charge is 0.507 e. The number of phenols is 1. The molecule has 1 aliphatic heterocycles. The van der Waals surface area contributed by atoms with Gasteiger partial charge in [-0.2, -0.15) is 0 Å². The first-order chi connectivity index (χ1) is 13.5. The summed E-state index contributed by atoms with van der Waals surface area (Å²) in [7, 11) is 0. The van der Waals surface area contributed by atoms with Crippen LogP contribution in [0.25, 0.3) is 6.08 Å². The molecule has 1 heterocycles. The van der Waals surface area contributed by atoms with Crippen molar-refractivity contribution in [2.75, 3.05) is 18.6 Å². The molecule has 0 saturated carbocycles. The maximum Gasteiger partial charge on any atom is 0.338 e. The van der Waals surface area contributed by atoms with Gasteiger partial charge in [0.2, 0.25) is 0 Å². The second-order valence-corrected chi connectivity index (χ2v) is 7.48. The molecule has 0 atom stereocenters. The zero-order valence-corrected chi connectivity index (χ0v) is 16.7. The number of benzene rings is 2. The summed E-state index contributed by atoms with van der Waals surface area (Å²) in [4.78, 5) is 26.2. The summed E-state index contributed by atoms with van der Waals surface area (Å²) in [5.41, 5.74) is 1.76. The Morgan fingerprint density at radius 1 is 1.25 bits per heavy atom. The Hall–Kier alpha value is -2.84. The minimum absolute atomic E-state index is 0.104. The van der Waals surface area contributed by atoms with Crippen molar-refractivity contribution < 1.29 is 19.4 Å². The van der Waals surface area contributed by atoms with E-state index in [1.807, 2.05) is 0 Å². The smallest absolute Gasteiger partial charge is 0.338 e. The molecule has 1 aliphatic rings. The second kappa shape index (κ2) is 8.90. The van der Waals surface area contributed by atoms with Gasteiger partial charge in [0.25, 0.3) is 5.91 Å². The summed E-state index contributed by atoms with van der Waals surface area (Å²) in [6, 6.07) is 13.6. The molecular formula is C20H18N2O4S2. The molecule has 3 rings (SSSR count). The molecule has 1 amide bonds. The Kier molecular flexibility index (Phi) is 6.33. The molecule has 0 radical (unpaired) electrons. The summed E-state index contributed by atoms with van der Waals surface area (Å²) in [6.07, 6.45) is 1.63. The zero-order chi connectivity index (χ0) is 20.1. The van der Waals surface area contributed by atoms with Crippen LogP contribution in [0.4, 0.5) is 5.69 Å². The fourth-order valence-electron chi connectivity index (χ4n) is 2.50. The van der Waals surface area contributed by atoms with Crippen LogP contribution >= 0.6 is 24.0 Å². The van der Waals surface area contributed by atoms with Gasteiger partial charge in [-0.05, 0) is 43.3 Å². The molecular weight excluding hydrogens is 396 g/mol. The van der Waals surface area contributed by atoms with Gasteiger partial charge in [-0.15, -0.1) is 0 Å². The number of nitrogens with zero attached hydrogens (tertiary/aromatic N) is 1. The van der Waals surface area contributed by atoms with Crippen LogP contribution in [-0.4, -0.2) is 39.5 Å². The lowest BCUT2D eigenvalue weighted by Gasteiger charge is -2.16. The summed E-state index contributed by atoms with van der Waals surface area (Å²) in [5.74, 6) is -0.498. The van der Waals surface area contributed by atoms with Gasteiger partial charge in [0.05, 0.1) is 23.7 Å². The monoisotopic (exact) mass is 414 g/mol. The third-order valence-corrected chi connectivity index (χ3v) is 5.31. The standard InChI is InChI=1S/C20H18N2O4S2/c1-2-26-19(25)13-7-9-15(10-8-13)21-12-22-18(24)17(28-20(22)27)11-14-5-3-4-6-16(14)23/h3-11,21,23H,2,12H2,1H3/b17-11-. The lowest BCUT2D eigenvalue weighted by molar-refractivity contribution is -0.121. The number of rotatable bonds is 6. The Morgan fingerprint density at radius 3 is 2.64 bits per heavy atom. The normalized spacial score (nSPS) is 15.2. The van der Waals surface area contributed by atoms with E-state index in [-0.39, 0.29) is 24.3 Å². The highest BCUT2D eigenvalue weighted by Crippen LogP contribution is 2.33. The predicted molar refractivity (Wildman–Crippen MR) is 114 cm³/mol. The van der Waals surface area contributed by atoms with Crippen molar-refractivity contribution in [3.05, 3.63) is 64.6 Å². The lowest BCUT2D eigenvalue weighted by Crippen LogP contribution is -2.33. The molecule has 28 heavy (non-hydrogen) atoms. The molecule has 0 aromatic heterocycles. The molecule has 6 nitrogen and oxygen atoms in total. The molecule has 0 aliphatic carbocycles. The van der Waals surface area contributed by atoms with Crippen LogP contribution in [0.1, 0.15) is 22.8 Å². The topological polar surface area (TPSA) is 78.9 Å². The van der Waals surface area contributed by atoms with E-state index in [1.54, 1.807) is 61.5 Å². The summed E-state index contributed by atoms with van der Waals surface area (Å²) in [5, 5.41) is 13.0. The molecule has 144 valence electrons. The Morgan fingerprint density at radius 2 is 1.96 bits per heavy atom. The van der Waals surface area contributed by atoms with Gasteiger partial charge in [0.15, 0.2) is 0 Å². The fraction of sp³-hybridized carbons (Fsp3) is 0.150. The number of amides is 1. The molecule has 8 heteroatoms. The van der Waals surface area contributed by atoms with Crippen LogP contribution in [0.15, 0.2) is 53.4 Å². The number of ether oxygens (including phenoxy) is 1. The minimum atomic E-state index is -0.375. The van der Waals surface area contributed by atoms with Gasteiger partial charge in [-0.1, -0.05) is 42.2 Å². The van der Waals surface area contributed by atoms with E-state index in [4.69, 9.17) is 17.0 Å². The predicted octanol–water partition coefficient (Wildman–Crippen LogP) is 3.84. The Labute approximate surface area is 172 Å².